The number of hydrogen-bond donors (Lipinski definition) is 2. The van der Waals surface area contributed by atoms with Gasteiger partial charge in [-0.15, -0.1) is 0 Å². The molecule has 2 atom stereocenters. The van der Waals surface area contributed by atoms with E-state index in [2.05, 4.69) is 9.97 Å². The van der Waals surface area contributed by atoms with Crippen molar-refractivity contribution in [2.45, 2.75) is 44.6 Å². The molecule has 1 aliphatic carbocycles. The quantitative estimate of drug-likeness (QED) is 0.907. The van der Waals surface area contributed by atoms with Gasteiger partial charge in [-0.2, -0.15) is 11.8 Å². The molecule has 1 aromatic carbocycles. The summed E-state index contributed by atoms with van der Waals surface area (Å²) in [5, 5.41) is 1.32. The van der Waals surface area contributed by atoms with Crippen LogP contribution in [0.5, 0.6) is 0 Å². The molecule has 3 N–H and O–H groups in total. The Hall–Kier alpha value is -1.33. The first-order valence-electron chi connectivity index (χ1n) is 7.47. The van der Waals surface area contributed by atoms with Crippen molar-refractivity contribution in [3.8, 4) is 0 Å². The van der Waals surface area contributed by atoms with Gasteiger partial charge in [-0.25, -0.2) is 4.98 Å². The summed E-state index contributed by atoms with van der Waals surface area (Å²) in [4.78, 5) is 19.7. The first-order chi connectivity index (χ1) is 10.2. The fourth-order valence-corrected chi connectivity index (χ4v) is 4.25. The number of nitrogens with two attached hydrogens (primary N) is 1. The maximum atomic E-state index is 12.1. The van der Waals surface area contributed by atoms with Gasteiger partial charge in [0.25, 0.3) is 5.56 Å². The van der Waals surface area contributed by atoms with Gasteiger partial charge in [0.05, 0.1) is 16.7 Å². The molecule has 1 heterocycles. The normalized spacial score (nSPS) is 21.0. The fraction of sp³-hybridized carbons (Fsp3) is 0.529. The van der Waals surface area contributed by atoms with Gasteiger partial charge in [0, 0.05) is 5.25 Å². The first kappa shape index (κ1) is 17.0. The molecule has 1 saturated carbocycles. The molecule has 2 unspecified atom stereocenters. The number of nitrogens with one attached hydrogen (secondary N) is 1. The molecule has 0 saturated heterocycles. The summed E-state index contributed by atoms with van der Waals surface area (Å²) in [5.74, 6) is 2.22. The SMILES string of the molecule is C.Cc1cccc2c(=O)[nH]c(CSC3CCC(CN)C3)nc12. The molecular weight excluding hydrogens is 294 g/mol. The van der Waals surface area contributed by atoms with E-state index in [1.807, 2.05) is 36.9 Å². The van der Waals surface area contributed by atoms with Gasteiger partial charge in [0.15, 0.2) is 0 Å². The van der Waals surface area contributed by atoms with Crippen LogP contribution in [0.2, 0.25) is 0 Å². The summed E-state index contributed by atoms with van der Waals surface area (Å²) in [7, 11) is 0. The smallest absolute Gasteiger partial charge is 0.258 e. The lowest BCUT2D eigenvalue weighted by Gasteiger charge is -2.10. The van der Waals surface area contributed by atoms with Gasteiger partial charge >= 0.3 is 0 Å². The molecule has 0 radical (unpaired) electrons. The molecule has 1 fully saturated rings. The van der Waals surface area contributed by atoms with E-state index in [1.54, 1.807) is 0 Å². The van der Waals surface area contributed by atoms with E-state index in [4.69, 9.17) is 5.73 Å². The summed E-state index contributed by atoms with van der Waals surface area (Å²) in [6, 6.07) is 5.72. The standard InChI is InChI=1S/C16H21N3OS.CH4/c1-10-3-2-4-13-15(10)18-14(19-16(13)20)9-21-12-6-5-11(7-12)8-17;/h2-4,11-12H,5-9,17H2,1H3,(H,18,19,20);1H4. The summed E-state index contributed by atoms with van der Waals surface area (Å²) < 4.78 is 0. The Balaban J connectivity index is 0.00000176. The van der Waals surface area contributed by atoms with Crippen molar-refractivity contribution in [1.82, 2.24) is 9.97 Å². The zero-order chi connectivity index (χ0) is 14.8. The highest BCUT2D eigenvalue weighted by atomic mass is 32.2. The highest BCUT2D eigenvalue weighted by Crippen LogP contribution is 2.34. The number of nitrogens with zero attached hydrogens (tertiary/aromatic N) is 1. The van der Waals surface area contributed by atoms with E-state index >= 15 is 0 Å². The minimum Gasteiger partial charge on any atom is -0.330 e. The van der Waals surface area contributed by atoms with Gasteiger partial charge in [0.2, 0.25) is 0 Å². The molecule has 4 nitrogen and oxygen atoms in total. The molecule has 0 spiro atoms. The van der Waals surface area contributed by atoms with E-state index in [-0.39, 0.29) is 13.0 Å². The lowest BCUT2D eigenvalue weighted by molar-refractivity contribution is 0.563. The van der Waals surface area contributed by atoms with Crippen LogP contribution in [0.25, 0.3) is 10.9 Å². The van der Waals surface area contributed by atoms with E-state index in [0.29, 0.717) is 16.6 Å². The minimum atomic E-state index is -0.0365. The van der Waals surface area contributed by atoms with Crippen LogP contribution >= 0.6 is 11.8 Å². The van der Waals surface area contributed by atoms with E-state index in [1.165, 1.54) is 19.3 Å². The Labute approximate surface area is 135 Å². The molecule has 0 aliphatic heterocycles. The third-order valence-electron chi connectivity index (χ3n) is 4.27. The molecule has 120 valence electrons. The number of aryl methyl sites for hydroxylation is 1. The Morgan fingerprint density at radius 1 is 1.41 bits per heavy atom. The molecule has 1 aromatic heterocycles. The van der Waals surface area contributed by atoms with Gasteiger partial charge in [-0.3, -0.25) is 4.79 Å². The summed E-state index contributed by atoms with van der Waals surface area (Å²) in [5.41, 5.74) is 7.57. The average molecular weight is 319 g/mol. The van der Waals surface area contributed by atoms with Crippen molar-refractivity contribution >= 4 is 22.7 Å². The number of rotatable bonds is 4. The predicted octanol–water partition coefficient (Wildman–Crippen LogP) is 3.23. The summed E-state index contributed by atoms with van der Waals surface area (Å²) >= 11 is 1.89. The number of para-hydroxylation sites is 1. The van der Waals surface area contributed by atoms with Crippen molar-refractivity contribution in [1.29, 1.82) is 0 Å². The maximum Gasteiger partial charge on any atom is 0.258 e. The molecule has 1 aliphatic rings. The molecule has 22 heavy (non-hydrogen) atoms. The second-order valence-corrected chi connectivity index (χ2v) is 7.12. The van der Waals surface area contributed by atoms with Crippen molar-refractivity contribution in [3.05, 3.63) is 39.9 Å². The number of aromatic nitrogens is 2. The van der Waals surface area contributed by atoms with Gasteiger partial charge in [0.1, 0.15) is 5.82 Å². The van der Waals surface area contributed by atoms with Crippen LogP contribution in [0.1, 0.15) is 38.1 Å². The Kier molecular flexibility index (Phi) is 5.64. The van der Waals surface area contributed by atoms with Crippen molar-refractivity contribution in [2.24, 2.45) is 11.7 Å². The lowest BCUT2D eigenvalue weighted by Crippen LogP contribution is -2.13. The third kappa shape index (κ3) is 3.52. The predicted molar refractivity (Wildman–Crippen MR) is 95.3 cm³/mol. The van der Waals surface area contributed by atoms with E-state index < -0.39 is 0 Å². The van der Waals surface area contributed by atoms with E-state index in [9.17, 15) is 4.79 Å². The van der Waals surface area contributed by atoms with Crippen LogP contribution in [-0.2, 0) is 5.75 Å². The number of H-pyrrole nitrogens is 1. The fourth-order valence-electron chi connectivity index (χ4n) is 3.01. The van der Waals surface area contributed by atoms with Crippen LogP contribution < -0.4 is 11.3 Å². The molecule has 0 amide bonds. The van der Waals surface area contributed by atoms with Crippen LogP contribution in [0.3, 0.4) is 0 Å². The number of aromatic amines is 1. The first-order valence-corrected chi connectivity index (χ1v) is 8.52. The van der Waals surface area contributed by atoms with Crippen LogP contribution in [0.4, 0.5) is 0 Å². The molecule has 0 bridgehead atoms. The highest BCUT2D eigenvalue weighted by molar-refractivity contribution is 7.99. The number of thioether (sulfide) groups is 1. The second-order valence-electron chi connectivity index (χ2n) is 5.83. The Bertz CT molecular complexity index is 698. The zero-order valence-corrected chi connectivity index (χ0v) is 13.1. The average Bonchev–Trinajstić information content (AvgIpc) is 2.94. The maximum absolute atomic E-state index is 12.1. The summed E-state index contributed by atoms with van der Waals surface area (Å²) in [6.07, 6.45) is 3.65. The Morgan fingerprint density at radius 3 is 2.95 bits per heavy atom. The number of hydrogen-bond acceptors (Lipinski definition) is 4. The molecule has 5 heteroatoms. The van der Waals surface area contributed by atoms with Crippen molar-refractivity contribution < 1.29 is 0 Å². The monoisotopic (exact) mass is 319 g/mol. The lowest BCUT2D eigenvalue weighted by atomic mass is 10.1. The number of benzene rings is 1. The van der Waals surface area contributed by atoms with Gasteiger partial charge < -0.3 is 10.7 Å². The zero-order valence-electron chi connectivity index (χ0n) is 12.3. The summed E-state index contributed by atoms with van der Waals surface area (Å²) in [6.45, 7) is 2.79. The number of fused-ring (bicyclic) bond motifs is 1. The van der Waals surface area contributed by atoms with Crippen molar-refractivity contribution in [3.63, 3.8) is 0 Å². The van der Waals surface area contributed by atoms with Crippen LogP contribution in [0.15, 0.2) is 23.0 Å². The van der Waals surface area contributed by atoms with Gasteiger partial charge in [-0.05, 0) is 50.3 Å². The second kappa shape index (κ2) is 7.29. The van der Waals surface area contributed by atoms with E-state index in [0.717, 1.165) is 29.2 Å². The molecular formula is C17H25N3OS. The van der Waals surface area contributed by atoms with Crippen LogP contribution in [-0.4, -0.2) is 21.8 Å². The largest absolute Gasteiger partial charge is 0.330 e. The molecule has 3 rings (SSSR count). The highest BCUT2D eigenvalue weighted by Gasteiger charge is 2.24. The molecule has 2 aromatic rings. The van der Waals surface area contributed by atoms with Crippen LogP contribution in [0, 0.1) is 12.8 Å². The van der Waals surface area contributed by atoms with Gasteiger partial charge in [-0.1, -0.05) is 19.6 Å². The minimum absolute atomic E-state index is 0. The third-order valence-corrected chi connectivity index (χ3v) is 5.61. The topological polar surface area (TPSA) is 71.8 Å². The van der Waals surface area contributed by atoms with Crippen molar-refractivity contribution in [2.75, 3.05) is 6.54 Å². The Morgan fingerprint density at radius 2 is 2.23 bits per heavy atom.